The molecule has 1 aliphatic heterocycles. The highest BCUT2D eigenvalue weighted by Crippen LogP contribution is 2.35. The van der Waals surface area contributed by atoms with Crippen LogP contribution < -0.4 is 20.1 Å². The molecule has 0 radical (unpaired) electrons. The van der Waals surface area contributed by atoms with Crippen molar-refractivity contribution in [3.63, 3.8) is 0 Å². The van der Waals surface area contributed by atoms with Gasteiger partial charge in [0.2, 0.25) is 5.91 Å². The molecule has 1 heterocycles. The van der Waals surface area contributed by atoms with Crippen LogP contribution in [0.3, 0.4) is 0 Å². The first-order valence-corrected chi connectivity index (χ1v) is 10.6. The van der Waals surface area contributed by atoms with Gasteiger partial charge in [0, 0.05) is 43.2 Å². The van der Waals surface area contributed by atoms with Gasteiger partial charge in [0.25, 0.3) is 5.91 Å². The molecule has 2 aromatic carbocycles. The molecule has 3 rings (SSSR count). The molecule has 7 heteroatoms. The summed E-state index contributed by atoms with van der Waals surface area (Å²) < 4.78 is 11.6. The molecular formula is C24H31N3O4. The van der Waals surface area contributed by atoms with Crippen LogP contribution in [0.25, 0.3) is 0 Å². The third-order valence-electron chi connectivity index (χ3n) is 5.16. The minimum atomic E-state index is -0.114. The topological polar surface area (TPSA) is 79.9 Å². The molecule has 7 nitrogen and oxygen atoms in total. The largest absolute Gasteiger partial charge is 0.494 e. The molecule has 2 amide bonds. The number of carbonyl (C=O) groups excluding carboxylic acids is 2. The van der Waals surface area contributed by atoms with E-state index in [1.54, 1.807) is 19.2 Å². The molecule has 31 heavy (non-hydrogen) atoms. The summed E-state index contributed by atoms with van der Waals surface area (Å²) >= 11 is 0. The Morgan fingerprint density at radius 2 is 1.97 bits per heavy atom. The Morgan fingerprint density at radius 3 is 2.65 bits per heavy atom. The van der Waals surface area contributed by atoms with E-state index in [1.807, 2.05) is 50.1 Å². The van der Waals surface area contributed by atoms with Crippen LogP contribution in [0.4, 0.5) is 0 Å². The van der Waals surface area contributed by atoms with Gasteiger partial charge >= 0.3 is 0 Å². The summed E-state index contributed by atoms with van der Waals surface area (Å²) in [7, 11) is 3.50. The number of benzene rings is 2. The third-order valence-corrected chi connectivity index (χ3v) is 5.16. The van der Waals surface area contributed by atoms with Gasteiger partial charge in [-0.1, -0.05) is 12.1 Å². The molecule has 1 atom stereocenters. The lowest BCUT2D eigenvalue weighted by molar-refractivity contribution is -0.122. The minimum absolute atomic E-state index is 0.0679. The van der Waals surface area contributed by atoms with Gasteiger partial charge in [0.05, 0.1) is 13.2 Å². The smallest absolute Gasteiger partial charge is 0.251 e. The molecule has 0 aliphatic carbocycles. The average molecular weight is 426 g/mol. The molecule has 1 aliphatic rings. The van der Waals surface area contributed by atoms with Crippen LogP contribution in [-0.2, 0) is 24.3 Å². The first-order valence-electron chi connectivity index (χ1n) is 10.6. The Balaban J connectivity index is 1.54. The van der Waals surface area contributed by atoms with Crippen molar-refractivity contribution in [2.75, 3.05) is 27.2 Å². The van der Waals surface area contributed by atoms with E-state index in [9.17, 15) is 9.59 Å². The van der Waals surface area contributed by atoms with Gasteiger partial charge in [-0.15, -0.1) is 0 Å². The van der Waals surface area contributed by atoms with Gasteiger partial charge < -0.3 is 20.1 Å². The van der Waals surface area contributed by atoms with E-state index in [1.165, 1.54) is 0 Å². The number of ether oxygens (including phenoxy) is 2. The van der Waals surface area contributed by atoms with Crippen molar-refractivity contribution < 1.29 is 19.1 Å². The zero-order valence-corrected chi connectivity index (χ0v) is 18.7. The van der Waals surface area contributed by atoms with Crippen LogP contribution in [0.2, 0.25) is 0 Å². The highest BCUT2D eigenvalue weighted by Gasteiger charge is 2.22. The lowest BCUT2D eigenvalue weighted by Crippen LogP contribution is -2.34. The highest BCUT2D eigenvalue weighted by molar-refractivity contribution is 5.93. The second kappa shape index (κ2) is 10.3. The minimum Gasteiger partial charge on any atom is -0.494 e. The van der Waals surface area contributed by atoms with Crippen molar-refractivity contribution in [1.82, 2.24) is 15.5 Å². The normalized spacial score (nSPS) is 14.7. The molecule has 0 bridgehead atoms. The predicted molar refractivity (Wildman–Crippen MR) is 119 cm³/mol. The monoisotopic (exact) mass is 425 g/mol. The summed E-state index contributed by atoms with van der Waals surface area (Å²) in [4.78, 5) is 26.0. The lowest BCUT2D eigenvalue weighted by Gasteiger charge is -2.17. The summed E-state index contributed by atoms with van der Waals surface area (Å²) in [6.45, 7) is 5.82. The molecule has 0 aromatic heterocycles. The number of rotatable bonds is 9. The van der Waals surface area contributed by atoms with E-state index < -0.39 is 0 Å². The Bertz CT molecular complexity index is 927. The molecule has 0 fully saturated rings. The Morgan fingerprint density at radius 1 is 1.23 bits per heavy atom. The van der Waals surface area contributed by atoms with Gasteiger partial charge in [0.15, 0.2) is 0 Å². The highest BCUT2D eigenvalue weighted by atomic mass is 16.5. The summed E-state index contributed by atoms with van der Waals surface area (Å²) in [5.74, 6) is 1.49. The zero-order chi connectivity index (χ0) is 22.4. The number of nitrogens with one attached hydrogen (secondary N) is 2. The van der Waals surface area contributed by atoms with E-state index in [0.717, 1.165) is 34.6 Å². The number of amides is 2. The second-order valence-corrected chi connectivity index (χ2v) is 7.86. The maximum Gasteiger partial charge on any atom is 0.251 e. The third kappa shape index (κ3) is 5.98. The maximum atomic E-state index is 12.5. The van der Waals surface area contributed by atoms with Gasteiger partial charge in [0.1, 0.15) is 17.6 Å². The van der Waals surface area contributed by atoms with Gasteiger partial charge in [-0.3, -0.25) is 14.5 Å². The predicted octanol–water partition coefficient (Wildman–Crippen LogP) is 2.52. The van der Waals surface area contributed by atoms with E-state index in [0.29, 0.717) is 25.3 Å². The van der Waals surface area contributed by atoms with Gasteiger partial charge in [-0.2, -0.15) is 0 Å². The molecular weight excluding hydrogens is 394 g/mol. The Kier molecular flexibility index (Phi) is 7.52. The van der Waals surface area contributed by atoms with Crippen LogP contribution in [-0.4, -0.2) is 50.1 Å². The van der Waals surface area contributed by atoms with Gasteiger partial charge in [-0.05, 0) is 50.7 Å². The second-order valence-electron chi connectivity index (χ2n) is 7.86. The van der Waals surface area contributed by atoms with Crippen molar-refractivity contribution in [2.45, 2.75) is 39.5 Å². The molecule has 0 saturated carbocycles. The summed E-state index contributed by atoms with van der Waals surface area (Å²) in [6.07, 6.45) is 1.03. The van der Waals surface area contributed by atoms with E-state index in [-0.39, 0.29) is 24.5 Å². The quantitative estimate of drug-likeness (QED) is 0.645. The SMILES string of the molecule is CCOc1cc2c(cc1CNC(=O)CN(C)Cc1ccc(C(=O)NC)cc1)O[C@H](C)C2. The van der Waals surface area contributed by atoms with Crippen LogP contribution in [0.15, 0.2) is 36.4 Å². The summed E-state index contributed by atoms with van der Waals surface area (Å²) in [5, 5.41) is 5.58. The van der Waals surface area contributed by atoms with Crippen LogP contribution in [0, 0.1) is 0 Å². The molecule has 0 spiro atoms. The van der Waals surface area contributed by atoms with Crippen molar-refractivity contribution in [2.24, 2.45) is 0 Å². The van der Waals surface area contributed by atoms with E-state index >= 15 is 0 Å². The van der Waals surface area contributed by atoms with Crippen molar-refractivity contribution >= 4 is 11.8 Å². The molecule has 2 N–H and O–H groups in total. The van der Waals surface area contributed by atoms with Crippen LogP contribution >= 0.6 is 0 Å². The summed E-state index contributed by atoms with van der Waals surface area (Å²) in [5.41, 5.74) is 3.71. The number of fused-ring (bicyclic) bond motifs is 1. The molecule has 0 saturated heterocycles. The zero-order valence-electron chi connectivity index (χ0n) is 18.7. The van der Waals surface area contributed by atoms with Gasteiger partial charge in [-0.25, -0.2) is 0 Å². The number of hydrogen-bond donors (Lipinski definition) is 2. The van der Waals surface area contributed by atoms with Crippen LogP contribution in [0.1, 0.15) is 40.9 Å². The van der Waals surface area contributed by atoms with E-state index in [2.05, 4.69) is 10.6 Å². The summed E-state index contributed by atoms with van der Waals surface area (Å²) in [6, 6.07) is 11.4. The fraction of sp³-hybridized carbons (Fsp3) is 0.417. The first kappa shape index (κ1) is 22.6. The molecule has 2 aromatic rings. The average Bonchev–Trinajstić information content (AvgIpc) is 3.11. The Hall–Kier alpha value is -3.06. The fourth-order valence-corrected chi connectivity index (χ4v) is 3.68. The molecule has 0 unspecified atom stereocenters. The van der Waals surface area contributed by atoms with E-state index in [4.69, 9.17) is 9.47 Å². The Labute approximate surface area is 183 Å². The standard InChI is InChI=1S/C24H31N3O4/c1-5-30-21-11-19-10-16(2)31-22(19)12-20(21)13-26-23(28)15-27(4)14-17-6-8-18(9-7-17)24(29)25-3/h6-9,11-12,16H,5,10,13-15H2,1-4H3,(H,25,29)(H,26,28)/t16-/m1/s1. The number of carbonyl (C=O) groups is 2. The lowest BCUT2D eigenvalue weighted by atomic mass is 10.1. The fourth-order valence-electron chi connectivity index (χ4n) is 3.68. The number of nitrogens with zero attached hydrogens (tertiary/aromatic N) is 1. The number of likely N-dealkylation sites (N-methyl/N-ethyl adjacent to an activating group) is 1. The van der Waals surface area contributed by atoms with Crippen LogP contribution in [0.5, 0.6) is 11.5 Å². The van der Waals surface area contributed by atoms with Crippen molar-refractivity contribution in [1.29, 1.82) is 0 Å². The van der Waals surface area contributed by atoms with Crippen molar-refractivity contribution in [3.05, 3.63) is 58.7 Å². The van der Waals surface area contributed by atoms with Crippen molar-refractivity contribution in [3.8, 4) is 11.5 Å². The first-order chi connectivity index (χ1) is 14.9. The maximum absolute atomic E-state index is 12.5. The number of hydrogen-bond acceptors (Lipinski definition) is 5. The molecule has 166 valence electrons.